The lowest BCUT2D eigenvalue weighted by Gasteiger charge is -2.50. The molecule has 2 saturated carbocycles. The normalized spacial score (nSPS) is 48.7. The van der Waals surface area contributed by atoms with Gasteiger partial charge in [-0.05, 0) is 12.8 Å². The van der Waals surface area contributed by atoms with Crippen LogP contribution in [0.3, 0.4) is 0 Å². The SMILES string of the molecule is CO[C@@H]1OC(CO)C(O[C@@H]2C[C@@H](CO)[C@@H](O[C@@H]3OC(CO)C(O[C@@H]4C[C@@H](CO)[C@@H](OC)C(O)C4N)[C@@H](O)[C@@H]3NC(C)=O)C(O)C2N)[C@@H](O)C1N. The molecule has 4 aliphatic rings. The van der Waals surface area contributed by atoms with E-state index in [1.54, 1.807) is 0 Å². The molecule has 4 fully saturated rings. The van der Waals surface area contributed by atoms with Gasteiger partial charge >= 0.3 is 0 Å². The standard InChI is InChI=1S/C30H56N4O16/c1-10(39)34-20-24(43)28(47-13-4-11(6-35)25(44-2)21(40)17(13)31)16(9-38)49-30(20)50-26-12(7-36)5-14(18(32)22(26)41)46-27-15(8-37)48-29(45-3)19(33)23(27)42/h11-30,35-38,40-43H,4-9,31-33H2,1-3H3,(H,34,39)/t11-,12-,13+,14+,15?,16?,17?,18?,19?,20-,21?,22?,23-,24-,25+,26+,27?,28?,29+,30-/m0/s1. The van der Waals surface area contributed by atoms with Gasteiger partial charge < -0.3 is 96.5 Å². The number of hydrogen-bond donors (Lipinski definition) is 12. The molecule has 20 atom stereocenters. The highest BCUT2D eigenvalue weighted by Crippen LogP contribution is 2.37. The number of aliphatic hydroxyl groups excluding tert-OH is 8. The summed E-state index contributed by atoms with van der Waals surface area (Å²) < 4.78 is 40.4. The third kappa shape index (κ3) is 8.59. The third-order valence-corrected chi connectivity index (χ3v) is 10.4. The molecule has 15 N–H and O–H groups in total. The number of methoxy groups -OCH3 is 2. The number of rotatable bonds is 13. The smallest absolute Gasteiger partial charge is 0.217 e. The lowest BCUT2D eigenvalue weighted by molar-refractivity contribution is -0.317. The van der Waals surface area contributed by atoms with Crippen LogP contribution in [-0.4, -0.2) is 197 Å². The maximum Gasteiger partial charge on any atom is 0.217 e. The van der Waals surface area contributed by atoms with E-state index in [1.807, 2.05) is 0 Å². The quantitative estimate of drug-likeness (QED) is 0.0838. The Hall–Kier alpha value is -1.25. The molecule has 292 valence electrons. The molecule has 0 spiro atoms. The molecule has 2 saturated heterocycles. The second-order valence-corrected chi connectivity index (χ2v) is 13.5. The van der Waals surface area contributed by atoms with E-state index in [9.17, 15) is 45.6 Å². The zero-order chi connectivity index (χ0) is 37.0. The van der Waals surface area contributed by atoms with Crippen molar-refractivity contribution in [1.29, 1.82) is 0 Å². The van der Waals surface area contributed by atoms with E-state index in [-0.39, 0.29) is 19.4 Å². The van der Waals surface area contributed by atoms with E-state index >= 15 is 0 Å². The van der Waals surface area contributed by atoms with Crippen LogP contribution < -0.4 is 22.5 Å². The minimum absolute atomic E-state index is 0.0185. The first kappa shape index (κ1) is 41.5. The van der Waals surface area contributed by atoms with Gasteiger partial charge in [-0.15, -0.1) is 0 Å². The summed E-state index contributed by atoms with van der Waals surface area (Å²) in [5.41, 5.74) is 18.7. The molecule has 0 radical (unpaired) electrons. The van der Waals surface area contributed by atoms with Crippen molar-refractivity contribution >= 4 is 5.91 Å². The lowest BCUT2D eigenvalue weighted by atomic mass is 9.79. The highest BCUT2D eigenvalue weighted by Gasteiger charge is 2.54. The Kier molecular flexibility index (Phi) is 15.1. The first-order chi connectivity index (χ1) is 23.8. The zero-order valence-electron chi connectivity index (χ0n) is 28.4. The zero-order valence-corrected chi connectivity index (χ0v) is 28.4. The predicted molar refractivity (Wildman–Crippen MR) is 167 cm³/mol. The van der Waals surface area contributed by atoms with E-state index in [0.29, 0.717) is 0 Å². The van der Waals surface area contributed by atoms with Gasteiger partial charge in [-0.2, -0.15) is 0 Å². The van der Waals surface area contributed by atoms with Crippen molar-refractivity contribution in [2.75, 3.05) is 40.6 Å². The van der Waals surface area contributed by atoms with E-state index < -0.39 is 148 Å². The van der Waals surface area contributed by atoms with E-state index in [2.05, 4.69) is 5.32 Å². The summed E-state index contributed by atoms with van der Waals surface area (Å²) in [4.78, 5) is 12.3. The molecule has 0 aromatic carbocycles. The molecule has 2 aliphatic heterocycles. The van der Waals surface area contributed by atoms with Crippen molar-refractivity contribution in [3.63, 3.8) is 0 Å². The van der Waals surface area contributed by atoms with Crippen LogP contribution in [0.5, 0.6) is 0 Å². The molecule has 2 aliphatic carbocycles. The maximum absolute atomic E-state index is 12.3. The molecule has 1 amide bonds. The van der Waals surface area contributed by atoms with E-state index in [0.717, 1.165) is 0 Å². The number of nitrogens with two attached hydrogens (primary N) is 3. The Morgan fingerprint density at radius 1 is 0.640 bits per heavy atom. The van der Waals surface area contributed by atoms with Crippen LogP contribution >= 0.6 is 0 Å². The van der Waals surface area contributed by atoms with Crippen molar-refractivity contribution in [2.45, 2.75) is 130 Å². The number of ether oxygens (including phenoxy) is 7. The fourth-order valence-corrected chi connectivity index (χ4v) is 7.55. The second kappa shape index (κ2) is 18.2. The third-order valence-electron chi connectivity index (χ3n) is 10.4. The van der Waals surface area contributed by atoms with Gasteiger partial charge in [0, 0.05) is 46.2 Å². The fourth-order valence-electron chi connectivity index (χ4n) is 7.55. The van der Waals surface area contributed by atoms with Crippen LogP contribution in [0.2, 0.25) is 0 Å². The number of carbonyl (C=O) groups is 1. The lowest BCUT2D eigenvalue weighted by Crippen LogP contribution is -2.69. The van der Waals surface area contributed by atoms with Crippen LogP contribution in [0.15, 0.2) is 0 Å². The average Bonchev–Trinajstić information content (AvgIpc) is 3.10. The van der Waals surface area contributed by atoms with Gasteiger partial charge in [0.2, 0.25) is 5.91 Å². The van der Waals surface area contributed by atoms with Gasteiger partial charge in [0.15, 0.2) is 12.6 Å². The van der Waals surface area contributed by atoms with Gasteiger partial charge in [0.25, 0.3) is 0 Å². The van der Waals surface area contributed by atoms with Crippen LogP contribution in [0.25, 0.3) is 0 Å². The summed E-state index contributed by atoms with van der Waals surface area (Å²) in [5.74, 6) is -2.01. The van der Waals surface area contributed by atoms with Gasteiger partial charge in [-0.3, -0.25) is 4.79 Å². The number of hydrogen-bond acceptors (Lipinski definition) is 19. The topological polar surface area (TPSA) is 334 Å². The minimum Gasteiger partial charge on any atom is -0.396 e. The number of aliphatic hydroxyl groups is 8. The predicted octanol–water partition coefficient (Wildman–Crippen LogP) is -7.07. The molecule has 9 unspecified atom stereocenters. The van der Waals surface area contributed by atoms with Gasteiger partial charge in [0.1, 0.15) is 42.7 Å². The molecule has 20 heteroatoms. The molecule has 0 aromatic heterocycles. The summed E-state index contributed by atoms with van der Waals surface area (Å²) in [6.45, 7) is -0.950. The fraction of sp³-hybridized carbons (Fsp3) is 0.967. The van der Waals surface area contributed by atoms with Crippen molar-refractivity contribution in [3.8, 4) is 0 Å². The Morgan fingerprint density at radius 2 is 1.10 bits per heavy atom. The van der Waals surface area contributed by atoms with Crippen LogP contribution in [-0.2, 0) is 38.0 Å². The van der Waals surface area contributed by atoms with Crippen molar-refractivity contribution in [2.24, 2.45) is 29.0 Å². The molecule has 2 heterocycles. The van der Waals surface area contributed by atoms with Crippen LogP contribution in [0.1, 0.15) is 19.8 Å². The highest BCUT2D eigenvalue weighted by atomic mass is 16.7. The molecular formula is C30H56N4O16. The second-order valence-electron chi connectivity index (χ2n) is 13.5. The first-order valence-corrected chi connectivity index (χ1v) is 16.8. The number of nitrogens with one attached hydrogen (secondary N) is 1. The maximum atomic E-state index is 12.3. The van der Waals surface area contributed by atoms with Gasteiger partial charge in [-0.25, -0.2) is 0 Å². The Balaban J connectivity index is 1.51. The van der Waals surface area contributed by atoms with Crippen LogP contribution in [0, 0.1) is 11.8 Å². The molecule has 20 nitrogen and oxygen atoms in total. The number of amides is 1. The molecular weight excluding hydrogens is 672 g/mol. The summed E-state index contributed by atoms with van der Waals surface area (Å²) >= 11 is 0. The van der Waals surface area contributed by atoms with Crippen molar-refractivity contribution in [1.82, 2.24) is 5.32 Å². The first-order valence-electron chi connectivity index (χ1n) is 16.8. The van der Waals surface area contributed by atoms with Crippen LogP contribution in [0.4, 0.5) is 0 Å². The highest BCUT2D eigenvalue weighted by molar-refractivity contribution is 5.73. The van der Waals surface area contributed by atoms with Crippen molar-refractivity contribution in [3.05, 3.63) is 0 Å². The van der Waals surface area contributed by atoms with Gasteiger partial charge in [0.05, 0.1) is 68.0 Å². The molecule has 0 bridgehead atoms. The number of carbonyl (C=O) groups excluding carboxylic acids is 1. The summed E-state index contributed by atoms with van der Waals surface area (Å²) in [5, 5.41) is 87.6. The molecule has 4 rings (SSSR count). The minimum atomic E-state index is -1.59. The van der Waals surface area contributed by atoms with E-state index in [4.69, 9.17) is 50.4 Å². The van der Waals surface area contributed by atoms with E-state index in [1.165, 1.54) is 21.1 Å². The average molecular weight is 729 g/mol. The Bertz CT molecular complexity index is 1060. The molecule has 0 aromatic rings. The molecule has 50 heavy (non-hydrogen) atoms. The monoisotopic (exact) mass is 728 g/mol. The summed E-state index contributed by atoms with van der Waals surface area (Å²) in [6.07, 6.45) is -16.8. The van der Waals surface area contributed by atoms with Crippen molar-refractivity contribution < 1.29 is 78.8 Å². The Morgan fingerprint density at radius 3 is 1.56 bits per heavy atom. The summed E-state index contributed by atoms with van der Waals surface area (Å²) in [6, 6.07) is -4.56. The van der Waals surface area contributed by atoms with Gasteiger partial charge in [-0.1, -0.05) is 0 Å². The Labute approximate surface area is 289 Å². The summed E-state index contributed by atoms with van der Waals surface area (Å²) in [7, 11) is 2.71. The largest absolute Gasteiger partial charge is 0.396 e.